The highest BCUT2D eigenvalue weighted by Gasteiger charge is 2.39. The van der Waals surface area contributed by atoms with E-state index in [1.807, 2.05) is 30.3 Å². The number of esters is 1. The number of hydrogen-bond donors (Lipinski definition) is 1. The van der Waals surface area contributed by atoms with Crippen LogP contribution in [-0.4, -0.2) is 24.6 Å². The van der Waals surface area contributed by atoms with E-state index in [0.717, 1.165) is 5.56 Å². The Kier molecular flexibility index (Phi) is 3.51. The van der Waals surface area contributed by atoms with Crippen molar-refractivity contribution in [3.63, 3.8) is 0 Å². The molecule has 0 amide bonds. The number of rotatable bonds is 3. The molecule has 1 aromatic rings. The van der Waals surface area contributed by atoms with Crippen LogP contribution in [-0.2, 0) is 25.7 Å². The lowest BCUT2D eigenvalue weighted by atomic mass is 10.1. The largest absolute Gasteiger partial charge is 0.460 e. The van der Waals surface area contributed by atoms with Gasteiger partial charge < -0.3 is 9.47 Å². The van der Waals surface area contributed by atoms with E-state index in [-0.39, 0.29) is 13.2 Å². The minimum Gasteiger partial charge on any atom is -0.460 e. The average Bonchev–Trinajstić information content (AvgIpc) is 2.69. The molecule has 2 rings (SSSR count). The van der Waals surface area contributed by atoms with Crippen LogP contribution in [0.15, 0.2) is 30.3 Å². The number of ether oxygens (including phenoxy) is 2. The summed E-state index contributed by atoms with van der Waals surface area (Å²) in [5.41, 5.74) is 6.21. The lowest BCUT2D eigenvalue weighted by Crippen LogP contribution is -2.32. The van der Waals surface area contributed by atoms with Gasteiger partial charge in [-0.05, 0) is 5.56 Å². The van der Waals surface area contributed by atoms with E-state index >= 15 is 0 Å². The lowest BCUT2D eigenvalue weighted by molar-refractivity contribution is -0.151. The van der Waals surface area contributed by atoms with E-state index in [1.165, 1.54) is 0 Å². The van der Waals surface area contributed by atoms with Crippen molar-refractivity contribution in [1.82, 2.24) is 0 Å². The topological polar surface area (TPSA) is 78.6 Å². The second-order valence-corrected chi connectivity index (χ2v) is 3.80. The van der Waals surface area contributed by atoms with Crippen LogP contribution in [0.3, 0.4) is 0 Å². The van der Waals surface area contributed by atoms with Crippen molar-refractivity contribution in [3.8, 4) is 0 Å². The Labute approximate surface area is 98.5 Å². The summed E-state index contributed by atoms with van der Waals surface area (Å²) < 4.78 is 9.91. The molecule has 2 N–H and O–H groups in total. The molecule has 90 valence electrons. The highest BCUT2D eigenvalue weighted by molar-refractivity contribution is 6.02. The maximum Gasteiger partial charge on any atom is 0.319 e. The molecule has 1 aromatic carbocycles. The monoisotopic (exact) mass is 235 g/mol. The molecule has 5 nitrogen and oxygen atoms in total. The van der Waals surface area contributed by atoms with Gasteiger partial charge in [0.1, 0.15) is 12.5 Å². The van der Waals surface area contributed by atoms with E-state index in [0.29, 0.717) is 0 Å². The summed E-state index contributed by atoms with van der Waals surface area (Å²) in [6.07, 6.45) is -0.996. The van der Waals surface area contributed by atoms with Crippen LogP contribution in [0.25, 0.3) is 0 Å². The zero-order valence-corrected chi connectivity index (χ0v) is 9.17. The van der Waals surface area contributed by atoms with Crippen LogP contribution in [0.4, 0.5) is 0 Å². The van der Waals surface area contributed by atoms with E-state index < -0.39 is 23.9 Å². The molecule has 1 saturated heterocycles. The molecule has 1 fully saturated rings. The Morgan fingerprint density at radius 2 is 2.12 bits per heavy atom. The number of carbonyl (C=O) groups excluding carboxylic acids is 2. The number of Topliss-reactive ketones (excluding diaryl/α,β-unsaturated/α-hetero) is 1. The Balaban J connectivity index is 1.88. The standard InChI is InChI=1S/C12H13NO4/c13-11-10(14)9(7-16-11)12(15)17-6-8-4-2-1-3-5-8/h1-5,9,11H,6-7,13H2. The van der Waals surface area contributed by atoms with Gasteiger partial charge in [0, 0.05) is 0 Å². The van der Waals surface area contributed by atoms with Gasteiger partial charge in [-0.15, -0.1) is 0 Å². The lowest BCUT2D eigenvalue weighted by Gasteiger charge is -2.07. The van der Waals surface area contributed by atoms with Crippen molar-refractivity contribution < 1.29 is 19.1 Å². The molecule has 1 heterocycles. The minimum absolute atomic E-state index is 0.00756. The molecule has 0 aliphatic carbocycles. The molecular weight excluding hydrogens is 222 g/mol. The summed E-state index contributed by atoms with van der Waals surface area (Å²) in [6, 6.07) is 9.25. The third-order valence-electron chi connectivity index (χ3n) is 2.57. The third-order valence-corrected chi connectivity index (χ3v) is 2.57. The quantitative estimate of drug-likeness (QED) is 0.599. The van der Waals surface area contributed by atoms with Crippen LogP contribution in [0.2, 0.25) is 0 Å². The molecule has 2 unspecified atom stereocenters. The van der Waals surface area contributed by atoms with Gasteiger partial charge in [-0.25, -0.2) is 0 Å². The molecule has 0 bridgehead atoms. The van der Waals surface area contributed by atoms with Gasteiger partial charge in [-0.3, -0.25) is 15.3 Å². The first-order chi connectivity index (χ1) is 8.18. The molecule has 1 aliphatic heterocycles. The molecule has 0 spiro atoms. The number of benzene rings is 1. The molecular formula is C12H13NO4. The molecule has 0 radical (unpaired) electrons. The van der Waals surface area contributed by atoms with Gasteiger partial charge in [0.2, 0.25) is 0 Å². The molecule has 17 heavy (non-hydrogen) atoms. The predicted octanol–water partition coefficient (Wildman–Crippen LogP) is 0.230. The summed E-state index contributed by atoms with van der Waals surface area (Å²) in [5.74, 6) is -1.87. The highest BCUT2D eigenvalue weighted by Crippen LogP contribution is 2.15. The first kappa shape index (κ1) is 11.8. The first-order valence-corrected chi connectivity index (χ1v) is 5.30. The fourth-order valence-electron chi connectivity index (χ4n) is 1.58. The molecule has 2 atom stereocenters. The number of ketones is 1. The van der Waals surface area contributed by atoms with Crippen molar-refractivity contribution in [2.24, 2.45) is 11.7 Å². The van der Waals surface area contributed by atoms with Gasteiger partial charge >= 0.3 is 5.97 Å². The van der Waals surface area contributed by atoms with Crippen molar-refractivity contribution in [1.29, 1.82) is 0 Å². The van der Waals surface area contributed by atoms with E-state index in [2.05, 4.69) is 0 Å². The second-order valence-electron chi connectivity index (χ2n) is 3.80. The van der Waals surface area contributed by atoms with E-state index in [4.69, 9.17) is 15.2 Å². The third kappa shape index (κ3) is 2.69. The van der Waals surface area contributed by atoms with Gasteiger partial charge in [-0.1, -0.05) is 30.3 Å². The van der Waals surface area contributed by atoms with Crippen LogP contribution in [0, 0.1) is 5.92 Å². The SMILES string of the molecule is NC1OCC(C(=O)OCc2ccccc2)C1=O. The summed E-state index contributed by atoms with van der Waals surface area (Å²) >= 11 is 0. The predicted molar refractivity (Wildman–Crippen MR) is 58.7 cm³/mol. The van der Waals surface area contributed by atoms with Crippen LogP contribution in [0.5, 0.6) is 0 Å². The Hall–Kier alpha value is -1.72. The fourth-order valence-corrected chi connectivity index (χ4v) is 1.58. The van der Waals surface area contributed by atoms with E-state index in [9.17, 15) is 9.59 Å². The van der Waals surface area contributed by atoms with Gasteiger partial charge in [-0.2, -0.15) is 0 Å². The maximum absolute atomic E-state index is 11.6. The number of hydrogen-bond acceptors (Lipinski definition) is 5. The minimum atomic E-state index is -0.996. The number of nitrogens with two attached hydrogens (primary N) is 1. The Morgan fingerprint density at radius 1 is 1.41 bits per heavy atom. The maximum atomic E-state index is 11.6. The molecule has 1 aliphatic rings. The van der Waals surface area contributed by atoms with Gasteiger partial charge in [0.05, 0.1) is 6.61 Å². The summed E-state index contributed by atoms with van der Waals surface area (Å²) in [6.45, 7) is 0.159. The first-order valence-electron chi connectivity index (χ1n) is 5.30. The van der Waals surface area contributed by atoms with Crippen LogP contribution in [0.1, 0.15) is 5.56 Å². The Morgan fingerprint density at radius 3 is 2.71 bits per heavy atom. The van der Waals surface area contributed by atoms with E-state index in [1.54, 1.807) is 0 Å². The smallest absolute Gasteiger partial charge is 0.319 e. The fraction of sp³-hybridized carbons (Fsp3) is 0.333. The summed E-state index contributed by atoms with van der Waals surface area (Å²) in [7, 11) is 0. The van der Waals surface area contributed by atoms with Crippen LogP contribution < -0.4 is 5.73 Å². The van der Waals surface area contributed by atoms with Gasteiger partial charge in [0.15, 0.2) is 12.0 Å². The summed E-state index contributed by atoms with van der Waals surface area (Å²) in [5, 5.41) is 0. The zero-order valence-electron chi connectivity index (χ0n) is 9.17. The molecule has 0 saturated carbocycles. The number of carbonyl (C=O) groups is 2. The Bertz CT molecular complexity index is 418. The second kappa shape index (κ2) is 5.07. The highest BCUT2D eigenvalue weighted by atomic mass is 16.5. The van der Waals surface area contributed by atoms with Crippen molar-refractivity contribution in [3.05, 3.63) is 35.9 Å². The normalized spacial score (nSPS) is 23.7. The van der Waals surface area contributed by atoms with Gasteiger partial charge in [0.25, 0.3) is 0 Å². The van der Waals surface area contributed by atoms with Crippen molar-refractivity contribution >= 4 is 11.8 Å². The van der Waals surface area contributed by atoms with Crippen molar-refractivity contribution in [2.45, 2.75) is 12.8 Å². The molecule has 5 heteroatoms. The average molecular weight is 235 g/mol. The zero-order chi connectivity index (χ0) is 12.3. The van der Waals surface area contributed by atoms with Crippen LogP contribution >= 0.6 is 0 Å². The van der Waals surface area contributed by atoms with Crippen molar-refractivity contribution in [2.75, 3.05) is 6.61 Å². The molecule has 0 aromatic heterocycles. The summed E-state index contributed by atoms with van der Waals surface area (Å²) in [4.78, 5) is 23.0.